The lowest BCUT2D eigenvalue weighted by atomic mass is 10.2. The van der Waals surface area contributed by atoms with Crippen LogP contribution in [-0.4, -0.2) is 30.1 Å². The summed E-state index contributed by atoms with van der Waals surface area (Å²) in [7, 11) is 0. The van der Waals surface area contributed by atoms with E-state index in [2.05, 4.69) is 25.3 Å². The first-order valence-electron chi connectivity index (χ1n) is 4.71. The Morgan fingerprint density at radius 1 is 1.58 bits per heavy atom. The highest BCUT2D eigenvalue weighted by Gasteiger charge is 2.39. The topological polar surface area (TPSA) is 29.3 Å². The Labute approximate surface area is 75.4 Å². The van der Waals surface area contributed by atoms with Crippen molar-refractivity contribution in [3.05, 3.63) is 12.2 Å². The van der Waals surface area contributed by atoms with Gasteiger partial charge in [0.15, 0.2) is 0 Å². The molecule has 12 heavy (non-hydrogen) atoms. The smallest absolute Gasteiger partial charge is 0.0284 e. The van der Waals surface area contributed by atoms with Gasteiger partial charge in [-0.25, -0.2) is 0 Å². The monoisotopic (exact) mass is 168 g/mol. The first kappa shape index (κ1) is 9.75. The minimum Gasteiger partial charge on any atom is -0.324 e. The maximum absolute atomic E-state index is 6.03. The van der Waals surface area contributed by atoms with Crippen LogP contribution in [0, 0.1) is 0 Å². The second kappa shape index (κ2) is 3.58. The average Bonchev–Trinajstić information content (AvgIpc) is 2.66. The second-order valence-corrected chi connectivity index (χ2v) is 4.12. The van der Waals surface area contributed by atoms with Crippen molar-refractivity contribution >= 4 is 0 Å². The fourth-order valence-corrected chi connectivity index (χ4v) is 1.43. The molecule has 1 saturated carbocycles. The van der Waals surface area contributed by atoms with Crippen LogP contribution >= 0.6 is 0 Å². The van der Waals surface area contributed by atoms with Gasteiger partial charge in [-0.05, 0) is 26.3 Å². The van der Waals surface area contributed by atoms with Crippen molar-refractivity contribution in [3.63, 3.8) is 0 Å². The van der Waals surface area contributed by atoms with Crippen LogP contribution in [0.3, 0.4) is 0 Å². The molecule has 0 amide bonds. The summed E-state index contributed by atoms with van der Waals surface area (Å²) in [6, 6.07) is 0. The van der Waals surface area contributed by atoms with E-state index in [1.165, 1.54) is 18.4 Å². The predicted octanol–water partition coefficient (Wildman–Crippen LogP) is 1.38. The van der Waals surface area contributed by atoms with Crippen molar-refractivity contribution in [2.45, 2.75) is 32.2 Å². The molecule has 0 aliphatic heterocycles. The Kier molecular flexibility index (Phi) is 2.91. The van der Waals surface area contributed by atoms with Gasteiger partial charge in [0.2, 0.25) is 0 Å². The summed E-state index contributed by atoms with van der Waals surface area (Å²) < 4.78 is 0. The summed E-state index contributed by atoms with van der Waals surface area (Å²) in [4.78, 5) is 2.37. The maximum atomic E-state index is 6.03. The van der Waals surface area contributed by atoms with E-state index >= 15 is 0 Å². The predicted molar refractivity (Wildman–Crippen MR) is 53.1 cm³/mol. The molecule has 0 aromatic carbocycles. The molecular weight excluding hydrogens is 148 g/mol. The van der Waals surface area contributed by atoms with E-state index in [4.69, 9.17) is 5.73 Å². The van der Waals surface area contributed by atoms with Crippen molar-refractivity contribution in [2.75, 3.05) is 19.6 Å². The zero-order chi connectivity index (χ0) is 9.19. The molecule has 1 aliphatic rings. The Hall–Kier alpha value is -0.340. The van der Waals surface area contributed by atoms with Crippen LogP contribution in [0.4, 0.5) is 0 Å². The molecule has 0 unspecified atom stereocenters. The second-order valence-electron chi connectivity index (χ2n) is 4.12. The van der Waals surface area contributed by atoms with E-state index in [1.54, 1.807) is 0 Å². The van der Waals surface area contributed by atoms with Gasteiger partial charge in [-0.1, -0.05) is 19.1 Å². The Balaban J connectivity index is 2.30. The van der Waals surface area contributed by atoms with Crippen LogP contribution in [0.25, 0.3) is 0 Å². The van der Waals surface area contributed by atoms with Crippen LogP contribution in [0.5, 0.6) is 0 Å². The van der Waals surface area contributed by atoms with Gasteiger partial charge >= 0.3 is 0 Å². The largest absolute Gasteiger partial charge is 0.324 e. The summed E-state index contributed by atoms with van der Waals surface area (Å²) in [5.41, 5.74) is 7.39. The summed E-state index contributed by atoms with van der Waals surface area (Å²) in [5.74, 6) is 0. The lowest BCUT2D eigenvalue weighted by Gasteiger charge is -2.23. The average molecular weight is 168 g/mol. The van der Waals surface area contributed by atoms with Crippen molar-refractivity contribution in [3.8, 4) is 0 Å². The van der Waals surface area contributed by atoms with Crippen LogP contribution in [0.2, 0.25) is 0 Å². The maximum Gasteiger partial charge on any atom is 0.0284 e. The highest BCUT2D eigenvalue weighted by molar-refractivity contribution is 5.02. The third-order valence-electron chi connectivity index (χ3n) is 2.37. The molecule has 1 fully saturated rings. The third kappa shape index (κ3) is 2.95. The number of likely N-dealkylation sites (N-methyl/N-ethyl adjacent to an activating group) is 1. The van der Waals surface area contributed by atoms with Crippen LogP contribution in [0.1, 0.15) is 26.7 Å². The molecule has 0 bridgehead atoms. The molecule has 70 valence electrons. The number of nitrogens with two attached hydrogens (primary N) is 1. The zero-order valence-electron chi connectivity index (χ0n) is 8.27. The molecule has 0 spiro atoms. The number of nitrogens with zero attached hydrogens (tertiary/aromatic N) is 1. The first-order chi connectivity index (χ1) is 5.56. The van der Waals surface area contributed by atoms with E-state index in [1.807, 2.05) is 0 Å². The molecule has 0 radical (unpaired) electrons. The van der Waals surface area contributed by atoms with Crippen LogP contribution in [0.15, 0.2) is 12.2 Å². The number of hydrogen-bond donors (Lipinski definition) is 1. The number of hydrogen-bond acceptors (Lipinski definition) is 2. The Morgan fingerprint density at radius 2 is 2.17 bits per heavy atom. The van der Waals surface area contributed by atoms with E-state index < -0.39 is 0 Å². The van der Waals surface area contributed by atoms with Crippen molar-refractivity contribution in [1.29, 1.82) is 0 Å². The van der Waals surface area contributed by atoms with Gasteiger partial charge < -0.3 is 5.73 Å². The zero-order valence-corrected chi connectivity index (χ0v) is 8.27. The van der Waals surface area contributed by atoms with Crippen molar-refractivity contribution < 1.29 is 0 Å². The molecule has 0 atom stereocenters. The highest BCUT2D eigenvalue weighted by atomic mass is 15.1. The molecule has 2 heteroatoms. The Bertz CT molecular complexity index is 171. The molecule has 1 aliphatic carbocycles. The molecule has 0 aromatic heterocycles. The minimum absolute atomic E-state index is 0.144. The fraction of sp³-hybridized carbons (Fsp3) is 0.800. The third-order valence-corrected chi connectivity index (χ3v) is 2.37. The lowest BCUT2D eigenvalue weighted by molar-refractivity contribution is 0.283. The molecule has 0 saturated heterocycles. The van der Waals surface area contributed by atoms with Crippen molar-refractivity contribution in [1.82, 2.24) is 4.90 Å². The van der Waals surface area contributed by atoms with Crippen LogP contribution < -0.4 is 5.73 Å². The molecule has 0 heterocycles. The van der Waals surface area contributed by atoms with Gasteiger partial charge in [-0.15, -0.1) is 0 Å². The summed E-state index contributed by atoms with van der Waals surface area (Å²) in [6.45, 7) is 11.3. The highest BCUT2D eigenvalue weighted by Crippen LogP contribution is 2.32. The van der Waals surface area contributed by atoms with E-state index in [0.29, 0.717) is 0 Å². The number of rotatable bonds is 5. The van der Waals surface area contributed by atoms with Gasteiger partial charge in [-0.3, -0.25) is 4.90 Å². The minimum atomic E-state index is 0.144. The molecule has 1 rings (SSSR count). The van der Waals surface area contributed by atoms with E-state index in [9.17, 15) is 0 Å². The standard InChI is InChI=1S/C10H20N2/c1-4-12(7-9(2)3)8-10(11)5-6-10/h2,4-8,11H2,1,3H3. The summed E-state index contributed by atoms with van der Waals surface area (Å²) in [6.07, 6.45) is 2.39. The van der Waals surface area contributed by atoms with Crippen LogP contribution in [-0.2, 0) is 0 Å². The lowest BCUT2D eigenvalue weighted by Crippen LogP contribution is -2.39. The fourth-order valence-electron chi connectivity index (χ4n) is 1.43. The quantitative estimate of drug-likeness (QED) is 0.628. The van der Waals surface area contributed by atoms with E-state index in [-0.39, 0.29) is 5.54 Å². The van der Waals surface area contributed by atoms with Gasteiger partial charge in [-0.2, -0.15) is 0 Å². The normalized spacial score (nSPS) is 19.7. The summed E-state index contributed by atoms with van der Waals surface area (Å²) in [5, 5.41) is 0. The Morgan fingerprint density at radius 3 is 2.50 bits per heavy atom. The summed E-state index contributed by atoms with van der Waals surface area (Å²) >= 11 is 0. The molecular formula is C10H20N2. The van der Waals surface area contributed by atoms with E-state index in [0.717, 1.165) is 19.6 Å². The molecule has 2 N–H and O–H groups in total. The first-order valence-corrected chi connectivity index (χ1v) is 4.71. The van der Waals surface area contributed by atoms with Gasteiger partial charge in [0.1, 0.15) is 0 Å². The van der Waals surface area contributed by atoms with Gasteiger partial charge in [0.25, 0.3) is 0 Å². The molecule has 0 aromatic rings. The van der Waals surface area contributed by atoms with Crippen molar-refractivity contribution in [2.24, 2.45) is 5.73 Å². The van der Waals surface area contributed by atoms with Gasteiger partial charge in [0, 0.05) is 18.6 Å². The SMILES string of the molecule is C=C(C)CN(CC)CC1(N)CC1. The molecule has 2 nitrogen and oxygen atoms in total. The van der Waals surface area contributed by atoms with Gasteiger partial charge in [0.05, 0.1) is 0 Å².